The first-order chi connectivity index (χ1) is 13.2. The van der Waals surface area contributed by atoms with Crippen LogP contribution >= 0.6 is 0 Å². The largest absolute Gasteiger partial charge is 0.491 e. The van der Waals surface area contributed by atoms with E-state index in [4.69, 9.17) is 14.6 Å². The Hall–Kier alpha value is -2.48. The SMILES string of the molecule is CCCCOCCOc1cc2c(c3ccccc13)C(=O)N(NCCO)C2=O. The fourth-order valence-electron chi connectivity index (χ4n) is 3.05. The zero-order valence-electron chi connectivity index (χ0n) is 15.4. The van der Waals surface area contributed by atoms with Crippen molar-refractivity contribution in [1.29, 1.82) is 0 Å². The second-order valence-electron chi connectivity index (χ2n) is 6.23. The molecule has 2 N–H and O–H groups in total. The molecule has 0 spiro atoms. The van der Waals surface area contributed by atoms with Gasteiger partial charge < -0.3 is 14.6 Å². The van der Waals surface area contributed by atoms with Crippen molar-refractivity contribution in [3.8, 4) is 5.75 Å². The van der Waals surface area contributed by atoms with Crippen LogP contribution < -0.4 is 10.2 Å². The normalized spacial score (nSPS) is 13.5. The number of benzene rings is 2. The summed E-state index contributed by atoms with van der Waals surface area (Å²) in [4.78, 5) is 25.3. The Morgan fingerprint density at radius 3 is 2.59 bits per heavy atom. The van der Waals surface area contributed by atoms with Gasteiger partial charge in [-0.3, -0.25) is 9.59 Å². The Bertz CT molecular complexity index is 836. The summed E-state index contributed by atoms with van der Waals surface area (Å²) in [7, 11) is 0. The molecule has 0 aliphatic carbocycles. The predicted octanol–water partition coefficient (Wildman–Crippen LogP) is 2.13. The van der Waals surface area contributed by atoms with Gasteiger partial charge in [0.05, 0.1) is 24.3 Å². The number of aliphatic hydroxyl groups is 1. The van der Waals surface area contributed by atoms with E-state index < -0.39 is 11.8 Å². The Morgan fingerprint density at radius 1 is 1.07 bits per heavy atom. The van der Waals surface area contributed by atoms with E-state index in [0.717, 1.165) is 23.2 Å². The number of nitrogens with zero attached hydrogens (tertiary/aromatic N) is 1. The van der Waals surface area contributed by atoms with Gasteiger partial charge in [0.2, 0.25) is 0 Å². The lowest BCUT2D eigenvalue weighted by Gasteiger charge is -2.13. The highest BCUT2D eigenvalue weighted by atomic mass is 16.5. The lowest BCUT2D eigenvalue weighted by atomic mass is 9.99. The summed E-state index contributed by atoms with van der Waals surface area (Å²) < 4.78 is 11.4. The van der Waals surface area contributed by atoms with Gasteiger partial charge in [-0.15, -0.1) is 0 Å². The average molecular weight is 372 g/mol. The van der Waals surface area contributed by atoms with Crippen LogP contribution in [0.4, 0.5) is 0 Å². The second-order valence-corrected chi connectivity index (χ2v) is 6.23. The molecule has 1 aliphatic rings. The summed E-state index contributed by atoms with van der Waals surface area (Å²) in [6, 6.07) is 8.97. The highest BCUT2D eigenvalue weighted by Gasteiger charge is 2.38. The third kappa shape index (κ3) is 3.95. The number of imide groups is 1. The van der Waals surface area contributed by atoms with Crippen molar-refractivity contribution in [2.75, 3.05) is 33.0 Å². The van der Waals surface area contributed by atoms with Crippen LogP contribution in [0.5, 0.6) is 5.75 Å². The van der Waals surface area contributed by atoms with Crippen molar-refractivity contribution in [1.82, 2.24) is 10.4 Å². The fraction of sp³-hybridized carbons (Fsp3) is 0.400. The Kier molecular flexibility index (Phi) is 6.39. The van der Waals surface area contributed by atoms with Gasteiger partial charge in [-0.1, -0.05) is 37.6 Å². The highest BCUT2D eigenvalue weighted by molar-refractivity contribution is 6.26. The quantitative estimate of drug-likeness (QED) is 0.491. The second kappa shape index (κ2) is 8.94. The minimum Gasteiger partial charge on any atom is -0.491 e. The molecular weight excluding hydrogens is 348 g/mol. The maximum absolute atomic E-state index is 12.7. The summed E-state index contributed by atoms with van der Waals surface area (Å²) in [6.45, 7) is 3.56. The molecule has 0 saturated heterocycles. The van der Waals surface area contributed by atoms with Gasteiger partial charge in [0.1, 0.15) is 12.4 Å². The number of hydrazine groups is 1. The minimum atomic E-state index is -0.446. The van der Waals surface area contributed by atoms with Gasteiger partial charge in [-0.05, 0) is 17.9 Å². The van der Waals surface area contributed by atoms with Crippen molar-refractivity contribution >= 4 is 22.6 Å². The number of nitrogens with one attached hydrogen (secondary N) is 1. The highest BCUT2D eigenvalue weighted by Crippen LogP contribution is 2.35. The molecule has 0 atom stereocenters. The van der Waals surface area contributed by atoms with Crippen LogP contribution in [0.15, 0.2) is 30.3 Å². The van der Waals surface area contributed by atoms with E-state index in [2.05, 4.69) is 12.3 Å². The van der Waals surface area contributed by atoms with Crippen LogP contribution in [-0.4, -0.2) is 54.9 Å². The lowest BCUT2D eigenvalue weighted by molar-refractivity contribution is 0.0556. The molecule has 7 heteroatoms. The summed E-state index contributed by atoms with van der Waals surface area (Å²) >= 11 is 0. The molecule has 0 unspecified atom stereocenters. The molecule has 0 bridgehead atoms. The summed E-state index contributed by atoms with van der Waals surface area (Å²) in [5, 5.41) is 11.4. The average Bonchev–Trinajstić information content (AvgIpc) is 2.93. The van der Waals surface area contributed by atoms with Crippen LogP contribution in [0.25, 0.3) is 10.8 Å². The zero-order chi connectivity index (χ0) is 19.2. The van der Waals surface area contributed by atoms with Crippen LogP contribution in [0, 0.1) is 0 Å². The Labute approximate surface area is 157 Å². The van der Waals surface area contributed by atoms with Gasteiger partial charge in [0.15, 0.2) is 0 Å². The maximum Gasteiger partial charge on any atom is 0.276 e. The van der Waals surface area contributed by atoms with E-state index in [1.807, 2.05) is 18.2 Å². The summed E-state index contributed by atoms with van der Waals surface area (Å²) in [6.07, 6.45) is 2.09. The molecule has 7 nitrogen and oxygen atoms in total. The molecule has 1 heterocycles. The van der Waals surface area contributed by atoms with Crippen molar-refractivity contribution in [2.24, 2.45) is 0 Å². The van der Waals surface area contributed by atoms with E-state index in [1.165, 1.54) is 0 Å². The van der Waals surface area contributed by atoms with Crippen molar-refractivity contribution in [3.05, 3.63) is 41.5 Å². The van der Waals surface area contributed by atoms with Crippen LogP contribution in [0.3, 0.4) is 0 Å². The smallest absolute Gasteiger partial charge is 0.276 e. The first-order valence-corrected chi connectivity index (χ1v) is 9.18. The number of hydrogen-bond donors (Lipinski definition) is 2. The van der Waals surface area contributed by atoms with Crippen LogP contribution in [0.2, 0.25) is 0 Å². The number of ether oxygens (including phenoxy) is 2. The maximum atomic E-state index is 12.7. The van der Waals surface area contributed by atoms with Gasteiger partial charge in [-0.2, -0.15) is 0 Å². The zero-order valence-corrected chi connectivity index (χ0v) is 15.4. The molecule has 2 aromatic carbocycles. The van der Waals surface area contributed by atoms with Gasteiger partial charge >= 0.3 is 0 Å². The monoisotopic (exact) mass is 372 g/mol. The topological polar surface area (TPSA) is 88.1 Å². The van der Waals surface area contributed by atoms with E-state index in [9.17, 15) is 9.59 Å². The summed E-state index contributed by atoms with van der Waals surface area (Å²) in [5.74, 6) is -0.319. The number of amides is 2. The number of carbonyl (C=O) groups excluding carboxylic acids is 2. The van der Waals surface area contributed by atoms with E-state index in [1.54, 1.807) is 12.1 Å². The number of unbranched alkanes of at least 4 members (excludes halogenated alkanes) is 1. The molecule has 0 aromatic heterocycles. The lowest BCUT2D eigenvalue weighted by Crippen LogP contribution is -2.43. The molecular formula is C20H24N2O5. The molecule has 3 rings (SSSR count). The van der Waals surface area contributed by atoms with Gasteiger partial charge in [-0.25, -0.2) is 10.4 Å². The van der Waals surface area contributed by atoms with Gasteiger partial charge in [0, 0.05) is 18.5 Å². The molecule has 0 radical (unpaired) electrons. The molecule has 2 amide bonds. The number of rotatable bonds is 10. The number of fused-ring (bicyclic) bond motifs is 3. The molecule has 27 heavy (non-hydrogen) atoms. The van der Waals surface area contributed by atoms with Gasteiger partial charge in [0.25, 0.3) is 11.8 Å². The van der Waals surface area contributed by atoms with Crippen molar-refractivity contribution in [3.63, 3.8) is 0 Å². The van der Waals surface area contributed by atoms with E-state index in [-0.39, 0.29) is 13.2 Å². The minimum absolute atomic E-state index is 0.113. The van der Waals surface area contributed by atoms with Crippen molar-refractivity contribution < 1.29 is 24.2 Å². The summed E-state index contributed by atoms with van der Waals surface area (Å²) in [5.41, 5.74) is 3.31. The molecule has 1 aliphatic heterocycles. The number of hydrogen-bond acceptors (Lipinski definition) is 6. The van der Waals surface area contributed by atoms with E-state index in [0.29, 0.717) is 42.1 Å². The third-order valence-electron chi connectivity index (χ3n) is 4.37. The molecule has 144 valence electrons. The molecule has 0 saturated carbocycles. The fourth-order valence-corrected chi connectivity index (χ4v) is 3.05. The van der Waals surface area contributed by atoms with E-state index >= 15 is 0 Å². The Balaban J connectivity index is 1.86. The van der Waals surface area contributed by atoms with Crippen molar-refractivity contribution in [2.45, 2.75) is 19.8 Å². The van der Waals surface area contributed by atoms with Crippen LogP contribution in [-0.2, 0) is 4.74 Å². The first-order valence-electron chi connectivity index (χ1n) is 9.18. The Morgan fingerprint density at radius 2 is 1.85 bits per heavy atom. The van der Waals surface area contributed by atoms with Crippen LogP contribution in [0.1, 0.15) is 40.5 Å². The number of carbonyl (C=O) groups is 2. The molecule has 0 fully saturated rings. The number of aliphatic hydroxyl groups excluding tert-OH is 1. The first kappa shape index (κ1) is 19.3. The standard InChI is InChI=1S/C20H24N2O5/c1-2-3-10-26-11-12-27-17-13-16-18(15-7-5-4-6-14(15)17)20(25)22(19(16)24)21-8-9-23/h4-7,13,21,23H,2-3,8-12H2,1H3. The molecule has 2 aromatic rings. The third-order valence-corrected chi connectivity index (χ3v) is 4.37. The predicted molar refractivity (Wildman–Crippen MR) is 101 cm³/mol.